The van der Waals surface area contributed by atoms with Gasteiger partial charge >= 0.3 is 0 Å². The minimum atomic E-state index is -3.10. The molecule has 2 aromatic carbocycles. The molecule has 0 bridgehead atoms. The quantitative estimate of drug-likeness (QED) is 0.179. The van der Waals surface area contributed by atoms with Crippen LogP contribution in [-0.2, 0) is 23.6 Å². The summed E-state index contributed by atoms with van der Waals surface area (Å²) in [5.74, 6) is -2.85. The zero-order valence-corrected chi connectivity index (χ0v) is 28.0. The first-order valence-corrected chi connectivity index (χ1v) is 17.1. The number of aliphatic imine (C=N–C) groups is 1. The Labute approximate surface area is 281 Å². The molecule has 3 aliphatic rings. The molecule has 1 aliphatic heterocycles. The van der Waals surface area contributed by atoms with Gasteiger partial charge in [-0.1, -0.05) is 36.8 Å². The van der Waals surface area contributed by atoms with Gasteiger partial charge in [-0.25, -0.2) is 13.5 Å². The van der Waals surface area contributed by atoms with Crippen LogP contribution in [0.5, 0.6) is 0 Å². The normalized spacial score (nSPS) is 19.6. The van der Waals surface area contributed by atoms with Gasteiger partial charge in [0.15, 0.2) is 5.78 Å². The highest BCUT2D eigenvalue weighted by atomic mass is 19.3. The fraction of sp³-hybridized carbons (Fsp3) is 0.436. The largest absolute Gasteiger partial charge is 0.331 e. The van der Waals surface area contributed by atoms with Gasteiger partial charge in [-0.15, -0.1) is 0 Å². The van der Waals surface area contributed by atoms with Gasteiger partial charge in [-0.05, 0) is 112 Å². The van der Waals surface area contributed by atoms with Gasteiger partial charge in [0.2, 0.25) is 0 Å². The van der Waals surface area contributed by atoms with E-state index in [2.05, 4.69) is 42.6 Å². The number of benzene rings is 2. The standard InChI is InChI=1S/C39H45F2N5O2/c1-5-29(47)23-25-9-17-33-37-34(18-10-25)45(22-20-35(37)46(44-33)28-13-11-27(12-14-28)26-7-6-8-26)38(48)30-15-16-31(39(3,40)41)24(2)36(30)32(42)19-21-43-4/h5,11-16,23,26,32,34H,1,4,6-10,17-22,42H2,2-3H3/b25-23+. The maximum absolute atomic E-state index is 14.7. The van der Waals surface area contributed by atoms with Crippen LogP contribution in [0, 0.1) is 6.92 Å². The lowest BCUT2D eigenvalue weighted by Crippen LogP contribution is -2.41. The first kappa shape index (κ1) is 33.7. The van der Waals surface area contributed by atoms with Crippen molar-refractivity contribution in [2.45, 2.75) is 95.6 Å². The number of halogens is 2. The molecule has 2 atom stereocenters. The fourth-order valence-electron chi connectivity index (χ4n) is 7.78. The topological polar surface area (TPSA) is 93.6 Å². The summed E-state index contributed by atoms with van der Waals surface area (Å²) in [6.45, 7) is 10.4. The Balaban J connectivity index is 1.43. The smallest absolute Gasteiger partial charge is 0.270 e. The zero-order valence-electron chi connectivity index (χ0n) is 28.0. The summed E-state index contributed by atoms with van der Waals surface area (Å²) in [5.41, 5.74) is 14.0. The molecule has 9 heteroatoms. The van der Waals surface area contributed by atoms with Crippen molar-refractivity contribution in [3.05, 3.63) is 105 Å². The lowest BCUT2D eigenvalue weighted by molar-refractivity contribution is -0.110. The average molecular weight is 654 g/mol. The molecule has 6 rings (SSSR count). The summed E-state index contributed by atoms with van der Waals surface area (Å²) in [5, 5.41) is 5.15. The van der Waals surface area contributed by atoms with Crippen LogP contribution >= 0.6 is 0 Å². The molecule has 1 aromatic heterocycles. The molecule has 2 heterocycles. The second kappa shape index (κ2) is 13.7. The van der Waals surface area contributed by atoms with Crippen LogP contribution in [0.2, 0.25) is 0 Å². The van der Waals surface area contributed by atoms with Crippen LogP contribution < -0.4 is 5.73 Å². The number of nitrogens with two attached hydrogens (primary N) is 1. The molecule has 0 spiro atoms. The van der Waals surface area contributed by atoms with Crippen LogP contribution in [0.15, 0.2) is 65.7 Å². The molecular weight excluding hydrogens is 608 g/mol. The van der Waals surface area contributed by atoms with Gasteiger partial charge in [0.25, 0.3) is 11.8 Å². The number of alkyl halides is 2. The van der Waals surface area contributed by atoms with Gasteiger partial charge in [0.1, 0.15) is 0 Å². The number of ketones is 1. The first-order chi connectivity index (χ1) is 23.0. The zero-order chi connectivity index (χ0) is 34.2. The number of allylic oxidation sites excluding steroid dienone is 3. The summed E-state index contributed by atoms with van der Waals surface area (Å²) in [4.78, 5) is 32.8. The number of nitrogens with zero attached hydrogens (tertiary/aromatic N) is 4. The van der Waals surface area contributed by atoms with Gasteiger partial charge in [0.05, 0.1) is 23.1 Å². The number of aryl methyl sites for hydroxylation is 1. The summed E-state index contributed by atoms with van der Waals surface area (Å²) < 4.78 is 31.4. The molecule has 252 valence electrons. The highest BCUT2D eigenvalue weighted by Crippen LogP contribution is 2.43. The van der Waals surface area contributed by atoms with Crippen molar-refractivity contribution in [2.75, 3.05) is 13.1 Å². The second-order valence-corrected chi connectivity index (χ2v) is 13.6. The van der Waals surface area contributed by atoms with Crippen molar-refractivity contribution in [3.8, 4) is 5.69 Å². The van der Waals surface area contributed by atoms with E-state index in [0.717, 1.165) is 35.1 Å². The molecule has 7 nitrogen and oxygen atoms in total. The third kappa shape index (κ3) is 6.44. The summed E-state index contributed by atoms with van der Waals surface area (Å²) >= 11 is 0. The van der Waals surface area contributed by atoms with E-state index < -0.39 is 12.0 Å². The summed E-state index contributed by atoms with van der Waals surface area (Å²) in [6, 6.07) is 10.6. The fourth-order valence-corrected chi connectivity index (χ4v) is 7.78. The molecule has 48 heavy (non-hydrogen) atoms. The summed E-state index contributed by atoms with van der Waals surface area (Å²) in [6.07, 6.45) is 10.2. The van der Waals surface area contributed by atoms with Gasteiger partial charge in [0, 0.05) is 49.2 Å². The van der Waals surface area contributed by atoms with E-state index >= 15 is 0 Å². The molecule has 2 aliphatic carbocycles. The maximum atomic E-state index is 14.7. The van der Waals surface area contributed by atoms with Crippen molar-refractivity contribution in [2.24, 2.45) is 10.7 Å². The van der Waals surface area contributed by atoms with E-state index in [0.29, 0.717) is 74.2 Å². The minimum Gasteiger partial charge on any atom is -0.331 e. The van der Waals surface area contributed by atoms with Crippen LogP contribution in [0.1, 0.15) is 119 Å². The number of rotatable bonds is 10. The second-order valence-electron chi connectivity index (χ2n) is 13.6. The molecule has 2 N–H and O–H groups in total. The molecule has 0 radical (unpaired) electrons. The van der Waals surface area contributed by atoms with Crippen molar-refractivity contribution < 1.29 is 18.4 Å². The van der Waals surface area contributed by atoms with E-state index in [1.807, 2.05) is 9.58 Å². The van der Waals surface area contributed by atoms with Crippen LogP contribution in [-0.4, -0.2) is 46.2 Å². The van der Waals surface area contributed by atoms with Crippen molar-refractivity contribution in [3.63, 3.8) is 0 Å². The Morgan fingerprint density at radius 1 is 1.10 bits per heavy atom. The Hall–Kier alpha value is -4.24. The SMILES string of the molecule is C=CC(=O)/C=C1\CCc2nn(-c3ccc(C4CCC4)cc3)c3c2C(CC1)N(C(=O)c1ccc(C(C)(F)F)c(C)c1C(N)CCN=C)CC3. The third-order valence-electron chi connectivity index (χ3n) is 10.5. The van der Waals surface area contributed by atoms with Gasteiger partial charge in [-0.2, -0.15) is 5.10 Å². The predicted octanol–water partition coefficient (Wildman–Crippen LogP) is 7.80. The predicted molar refractivity (Wildman–Crippen MR) is 185 cm³/mol. The molecule has 1 saturated carbocycles. The Morgan fingerprint density at radius 3 is 2.50 bits per heavy atom. The number of hydrogen-bond donors (Lipinski definition) is 1. The summed E-state index contributed by atoms with van der Waals surface area (Å²) in [7, 11) is 0. The molecule has 1 fully saturated rings. The lowest BCUT2D eigenvalue weighted by Gasteiger charge is -2.38. The van der Waals surface area contributed by atoms with E-state index in [1.54, 1.807) is 13.0 Å². The molecule has 0 saturated heterocycles. The highest BCUT2D eigenvalue weighted by Gasteiger charge is 2.39. The van der Waals surface area contributed by atoms with E-state index in [-0.39, 0.29) is 23.3 Å². The first-order valence-electron chi connectivity index (χ1n) is 17.1. The van der Waals surface area contributed by atoms with Crippen molar-refractivity contribution in [1.29, 1.82) is 0 Å². The van der Waals surface area contributed by atoms with E-state index in [1.165, 1.54) is 43.0 Å². The maximum Gasteiger partial charge on any atom is 0.270 e. The molecular formula is C39H45F2N5O2. The van der Waals surface area contributed by atoms with Crippen molar-refractivity contribution in [1.82, 2.24) is 14.7 Å². The highest BCUT2D eigenvalue weighted by molar-refractivity contribution is 5.99. The minimum absolute atomic E-state index is 0.142. The van der Waals surface area contributed by atoms with Gasteiger partial charge < -0.3 is 15.6 Å². The number of hydrogen-bond acceptors (Lipinski definition) is 5. The van der Waals surface area contributed by atoms with Crippen LogP contribution in [0.25, 0.3) is 5.69 Å². The Bertz CT molecular complexity index is 1760. The number of aromatic nitrogens is 2. The number of carbonyl (C=O) groups is 2. The van der Waals surface area contributed by atoms with Crippen LogP contribution in [0.3, 0.4) is 0 Å². The lowest BCUT2D eigenvalue weighted by atomic mass is 9.80. The van der Waals surface area contributed by atoms with Crippen LogP contribution in [0.4, 0.5) is 8.78 Å². The Morgan fingerprint density at radius 2 is 1.85 bits per heavy atom. The van der Waals surface area contributed by atoms with Crippen molar-refractivity contribution >= 4 is 18.4 Å². The molecule has 3 aromatic rings. The van der Waals surface area contributed by atoms with E-state index in [4.69, 9.17) is 10.8 Å². The number of carbonyl (C=O) groups excluding carboxylic acids is 2. The van der Waals surface area contributed by atoms with Gasteiger partial charge in [-0.3, -0.25) is 9.59 Å². The number of amides is 1. The Kier molecular flexibility index (Phi) is 9.61. The molecule has 1 amide bonds. The van der Waals surface area contributed by atoms with E-state index in [9.17, 15) is 18.4 Å². The monoisotopic (exact) mass is 653 g/mol. The third-order valence-corrected chi connectivity index (χ3v) is 10.5. The average Bonchev–Trinajstić information content (AvgIpc) is 3.40. The molecule has 2 unspecified atom stereocenters.